The quantitative estimate of drug-likeness (QED) is 0.481. The molecule has 1 fully saturated rings. The molecule has 0 aliphatic carbocycles. The van der Waals surface area contributed by atoms with Crippen LogP contribution in [0.15, 0.2) is 40.9 Å². The van der Waals surface area contributed by atoms with Gasteiger partial charge < -0.3 is 14.5 Å². The molecule has 0 saturated carbocycles. The van der Waals surface area contributed by atoms with Crippen molar-refractivity contribution < 1.29 is 9.53 Å². The lowest BCUT2D eigenvalue weighted by Crippen LogP contribution is -2.45. The molecule has 0 aromatic heterocycles. The van der Waals surface area contributed by atoms with Gasteiger partial charge in [0.25, 0.3) is 0 Å². The third-order valence-electron chi connectivity index (χ3n) is 3.60. The summed E-state index contributed by atoms with van der Waals surface area (Å²) in [7, 11) is 1.30. The van der Waals surface area contributed by atoms with Crippen LogP contribution < -0.4 is 4.90 Å². The maximum absolute atomic E-state index is 11.7. The fourth-order valence-corrected chi connectivity index (χ4v) is 3.25. The Kier molecular flexibility index (Phi) is 5.73. The highest BCUT2D eigenvalue weighted by Crippen LogP contribution is 2.25. The van der Waals surface area contributed by atoms with Crippen LogP contribution in [0, 0.1) is 11.3 Å². The van der Waals surface area contributed by atoms with E-state index in [1.54, 1.807) is 0 Å². The topological polar surface area (TPSA) is 56.6 Å². The van der Waals surface area contributed by atoms with E-state index in [1.807, 2.05) is 30.5 Å². The monoisotopic (exact) mass is 317 g/mol. The van der Waals surface area contributed by atoms with E-state index in [-0.39, 0.29) is 5.57 Å². The fourth-order valence-electron chi connectivity index (χ4n) is 2.48. The maximum Gasteiger partial charge on any atom is 0.351 e. The number of para-hydroxylation sites is 1. The average molecular weight is 317 g/mol. The highest BCUT2D eigenvalue weighted by Gasteiger charge is 2.24. The molecule has 0 radical (unpaired) electrons. The van der Waals surface area contributed by atoms with Gasteiger partial charge in [0.15, 0.2) is 5.57 Å². The SMILES string of the molecule is COC(=O)C(C#N)=C(SC)N1CCN(c2ccccc2)CC1. The van der Waals surface area contributed by atoms with Crippen LogP contribution in [0.1, 0.15) is 0 Å². The van der Waals surface area contributed by atoms with Crippen LogP contribution in [0.2, 0.25) is 0 Å². The van der Waals surface area contributed by atoms with Gasteiger partial charge in [0.05, 0.1) is 12.1 Å². The minimum absolute atomic E-state index is 0.0863. The third kappa shape index (κ3) is 3.55. The smallest absolute Gasteiger partial charge is 0.351 e. The molecule has 1 saturated heterocycles. The minimum atomic E-state index is -0.572. The van der Waals surface area contributed by atoms with E-state index >= 15 is 0 Å². The number of methoxy groups -OCH3 is 1. The molecule has 0 bridgehead atoms. The summed E-state index contributed by atoms with van der Waals surface area (Å²) < 4.78 is 4.70. The Morgan fingerprint density at radius 3 is 2.36 bits per heavy atom. The highest BCUT2D eigenvalue weighted by molar-refractivity contribution is 8.02. The number of hydrogen-bond donors (Lipinski definition) is 0. The number of piperazine rings is 1. The molecule has 2 rings (SSSR count). The number of anilines is 1. The van der Waals surface area contributed by atoms with Gasteiger partial charge >= 0.3 is 5.97 Å². The molecule has 22 heavy (non-hydrogen) atoms. The van der Waals surface area contributed by atoms with Gasteiger partial charge in [-0.05, 0) is 18.4 Å². The lowest BCUT2D eigenvalue weighted by atomic mass is 10.2. The van der Waals surface area contributed by atoms with Crippen LogP contribution in [0.5, 0.6) is 0 Å². The van der Waals surface area contributed by atoms with Gasteiger partial charge in [-0.1, -0.05) is 18.2 Å². The largest absolute Gasteiger partial charge is 0.465 e. The maximum atomic E-state index is 11.7. The fraction of sp³-hybridized carbons (Fsp3) is 0.375. The Morgan fingerprint density at radius 1 is 1.23 bits per heavy atom. The summed E-state index contributed by atoms with van der Waals surface area (Å²) in [5, 5.41) is 9.93. The van der Waals surface area contributed by atoms with Crippen LogP contribution in [-0.4, -0.2) is 50.4 Å². The second kappa shape index (κ2) is 7.76. The number of thioether (sulfide) groups is 1. The molecular weight excluding hydrogens is 298 g/mol. The van der Waals surface area contributed by atoms with Crippen LogP contribution in [0.4, 0.5) is 5.69 Å². The van der Waals surface area contributed by atoms with Gasteiger partial charge in [-0.15, -0.1) is 11.8 Å². The lowest BCUT2D eigenvalue weighted by molar-refractivity contribution is -0.135. The van der Waals surface area contributed by atoms with Crippen LogP contribution >= 0.6 is 11.8 Å². The first-order chi connectivity index (χ1) is 10.7. The zero-order valence-corrected chi connectivity index (χ0v) is 13.6. The summed E-state index contributed by atoms with van der Waals surface area (Å²) in [6.45, 7) is 3.25. The highest BCUT2D eigenvalue weighted by atomic mass is 32.2. The zero-order valence-electron chi connectivity index (χ0n) is 12.8. The number of carbonyl (C=O) groups is 1. The molecular formula is C16H19N3O2S. The van der Waals surface area contributed by atoms with Crippen molar-refractivity contribution in [2.24, 2.45) is 0 Å². The summed E-state index contributed by atoms with van der Waals surface area (Å²) in [4.78, 5) is 16.1. The Bertz CT molecular complexity index is 587. The summed E-state index contributed by atoms with van der Waals surface area (Å²) in [6.07, 6.45) is 1.87. The van der Waals surface area contributed by atoms with E-state index in [0.717, 1.165) is 26.2 Å². The molecule has 1 aromatic rings. The Morgan fingerprint density at radius 2 is 1.86 bits per heavy atom. The zero-order chi connectivity index (χ0) is 15.9. The predicted molar refractivity (Wildman–Crippen MR) is 88.4 cm³/mol. The van der Waals surface area contributed by atoms with Gasteiger partial charge in [-0.25, -0.2) is 4.79 Å². The van der Waals surface area contributed by atoms with Crippen molar-refractivity contribution in [1.29, 1.82) is 5.26 Å². The molecule has 6 heteroatoms. The molecule has 1 aromatic carbocycles. The molecule has 0 amide bonds. The van der Waals surface area contributed by atoms with Gasteiger partial charge in [-0.3, -0.25) is 0 Å². The Hall–Kier alpha value is -2.13. The van der Waals surface area contributed by atoms with E-state index in [1.165, 1.54) is 24.6 Å². The van der Waals surface area contributed by atoms with E-state index < -0.39 is 5.97 Å². The second-order valence-electron chi connectivity index (χ2n) is 4.80. The van der Waals surface area contributed by atoms with E-state index in [2.05, 4.69) is 21.9 Å². The van der Waals surface area contributed by atoms with E-state index in [4.69, 9.17) is 4.74 Å². The number of rotatable bonds is 4. The van der Waals surface area contributed by atoms with E-state index in [0.29, 0.717) is 5.03 Å². The number of hydrogen-bond acceptors (Lipinski definition) is 6. The molecule has 0 spiro atoms. The van der Waals surface area contributed by atoms with Crippen LogP contribution in [-0.2, 0) is 9.53 Å². The Labute approximate surface area is 135 Å². The molecule has 0 N–H and O–H groups in total. The van der Waals surface area contributed by atoms with Crippen LogP contribution in [0.25, 0.3) is 0 Å². The second-order valence-corrected chi connectivity index (χ2v) is 5.59. The first-order valence-electron chi connectivity index (χ1n) is 7.03. The standard InChI is InChI=1S/C16H19N3O2S/c1-21-16(20)14(12-17)15(22-2)19-10-8-18(9-11-19)13-6-4-3-5-7-13/h3-7H,8-11H2,1-2H3. The lowest BCUT2D eigenvalue weighted by Gasteiger charge is -2.38. The molecule has 5 nitrogen and oxygen atoms in total. The van der Waals surface area contributed by atoms with Gasteiger partial charge in [-0.2, -0.15) is 5.26 Å². The molecule has 116 valence electrons. The number of ether oxygens (including phenoxy) is 1. The molecule has 1 aliphatic heterocycles. The van der Waals surface area contributed by atoms with Crippen molar-refractivity contribution in [2.45, 2.75) is 0 Å². The summed E-state index contributed by atoms with van der Waals surface area (Å²) >= 11 is 1.41. The summed E-state index contributed by atoms with van der Waals surface area (Å²) in [5.41, 5.74) is 1.29. The minimum Gasteiger partial charge on any atom is -0.465 e. The van der Waals surface area contributed by atoms with Crippen molar-refractivity contribution in [3.05, 3.63) is 40.9 Å². The van der Waals surface area contributed by atoms with Crippen LogP contribution in [0.3, 0.4) is 0 Å². The number of carbonyl (C=O) groups excluding carboxylic acids is 1. The summed E-state index contributed by atoms with van der Waals surface area (Å²) in [5.74, 6) is -0.572. The van der Waals surface area contributed by atoms with E-state index in [9.17, 15) is 10.1 Å². The molecule has 0 atom stereocenters. The number of nitrogens with zero attached hydrogens (tertiary/aromatic N) is 3. The predicted octanol–water partition coefficient (Wildman–Crippen LogP) is 2.08. The van der Waals surface area contributed by atoms with Gasteiger partial charge in [0.1, 0.15) is 6.07 Å². The third-order valence-corrected chi connectivity index (χ3v) is 4.45. The number of esters is 1. The van der Waals surface area contributed by atoms with Crippen molar-refractivity contribution in [1.82, 2.24) is 4.90 Å². The first-order valence-corrected chi connectivity index (χ1v) is 8.25. The van der Waals surface area contributed by atoms with Gasteiger partial charge in [0, 0.05) is 31.9 Å². The number of nitriles is 1. The average Bonchev–Trinajstić information content (AvgIpc) is 2.60. The number of benzene rings is 1. The normalized spacial score (nSPS) is 15.9. The van der Waals surface area contributed by atoms with Crippen molar-refractivity contribution in [3.8, 4) is 6.07 Å². The van der Waals surface area contributed by atoms with Crippen molar-refractivity contribution in [2.75, 3.05) is 44.4 Å². The Balaban J connectivity index is 2.11. The van der Waals surface area contributed by atoms with Crippen molar-refractivity contribution >= 4 is 23.4 Å². The molecule has 1 heterocycles. The molecule has 1 aliphatic rings. The first kappa shape index (κ1) is 16.2. The van der Waals surface area contributed by atoms with Gasteiger partial charge in [0.2, 0.25) is 0 Å². The van der Waals surface area contributed by atoms with Crippen molar-refractivity contribution in [3.63, 3.8) is 0 Å². The molecule has 0 unspecified atom stereocenters. The summed E-state index contributed by atoms with van der Waals surface area (Å²) in [6, 6.07) is 12.2.